The van der Waals surface area contributed by atoms with Gasteiger partial charge in [-0.15, -0.1) is 0 Å². The Morgan fingerprint density at radius 1 is 1.07 bits per heavy atom. The van der Waals surface area contributed by atoms with Crippen LogP contribution in [0.4, 0.5) is 0 Å². The van der Waals surface area contributed by atoms with Crippen LogP contribution < -0.4 is 10.9 Å². The molecule has 1 fully saturated rings. The third kappa shape index (κ3) is 4.25. The summed E-state index contributed by atoms with van der Waals surface area (Å²) in [4.78, 5) is 43.1. The van der Waals surface area contributed by atoms with Crippen LogP contribution in [0, 0.1) is 6.92 Å². The molecule has 1 N–H and O–H groups in total. The average Bonchev–Trinajstić information content (AvgIpc) is 3.15. The number of carbonyl (C=O) groups excluding carboxylic acids is 2. The summed E-state index contributed by atoms with van der Waals surface area (Å²) in [5.41, 5.74) is 2.45. The third-order valence-electron chi connectivity index (χ3n) is 5.41. The van der Waals surface area contributed by atoms with E-state index in [1.165, 1.54) is 4.57 Å². The van der Waals surface area contributed by atoms with E-state index in [0.717, 1.165) is 24.1 Å². The van der Waals surface area contributed by atoms with Crippen molar-refractivity contribution in [2.75, 3.05) is 6.54 Å². The molecule has 1 aromatic heterocycles. The molecule has 0 spiro atoms. The third-order valence-corrected chi connectivity index (χ3v) is 5.41. The number of likely N-dealkylation sites (tertiary alicyclic amines) is 1. The van der Waals surface area contributed by atoms with Crippen molar-refractivity contribution in [3.8, 4) is 0 Å². The molecule has 1 aliphatic heterocycles. The monoisotopic (exact) mass is 404 g/mol. The van der Waals surface area contributed by atoms with Gasteiger partial charge < -0.3 is 10.2 Å². The smallest absolute Gasteiger partial charge is 0.261 e. The van der Waals surface area contributed by atoms with E-state index in [1.54, 1.807) is 25.1 Å². The molecule has 1 saturated heterocycles. The molecular formula is C23H24N4O3. The van der Waals surface area contributed by atoms with Crippen molar-refractivity contribution < 1.29 is 9.59 Å². The lowest BCUT2D eigenvalue weighted by molar-refractivity contribution is -0.128. The average molecular weight is 404 g/mol. The van der Waals surface area contributed by atoms with Gasteiger partial charge in [-0.2, -0.15) is 0 Å². The maximum absolute atomic E-state index is 12.7. The number of aryl methyl sites for hydroxylation is 1. The van der Waals surface area contributed by atoms with Crippen LogP contribution in [-0.4, -0.2) is 32.8 Å². The zero-order valence-electron chi connectivity index (χ0n) is 16.9. The number of para-hydroxylation sites is 1. The van der Waals surface area contributed by atoms with E-state index in [1.807, 2.05) is 35.2 Å². The van der Waals surface area contributed by atoms with Gasteiger partial charge in [0.1, 0.15) is 12.4 Å². The molecule has 154 valence electrons. The van der Waals surface area contributed by atoms with Crippen molar-refractivity contribution in [2.24, 2.45) is 0 Å². The van der Waals surface area contributed by atoms with Crippen LogP contribution in [0.25, 0.3) is 10.9 Å². The van der Waals surface area contributed by atoms with Crippen LogP contribution in [0.3, 0.4) is 0 Å². The Morgan fingerprint density at radius 3 is 2.53 bits per heavy atom. The van der Waals surface area contributed by atoms with Crippen LogP contribution in [0.15, 0.2) is 53.3 Å². The molecule has 0 bridgehead atoms. The number of benzene rings is 2. The highest BCUT2D eigenvalue weighted by atomic mass is 16.2. The molecule has 0 atom stereocenters. The van der Waals surface area contributed by atoms with Gasteiger partial charge in [-0.3, -0.25) is 19.0 Å². The quantitative estimate of drug-likeness (QED) is 0.682. The fourth-order valence-corrected chi connectivity index (χ4v) is 3.72. The number of aromatic nitrogens is 2. The molecule has 2 amide bonds. The minimum Gasteiger partial charge on any atom is -0.350 e. The molecule has 0 aliphatic carbocycles. The van der Waals surface area contributed by atoms with Gasteiger partial charge in [0.05, 0.1) is 10.9 Å². The minimum atomic E-state index is -0.246. The lowest BCUT2D eigenvalue weighted by atomic mass is 10.1. The molecule has 0 unspecified atom stereocenters. The van der Waals surface area contributed by atoms with E-state index in [2.05, 4.69) is 10.3 Å². The molecule has 1 aliphatic rings. The number of hydrogen-bond acceptors (Lipinski definition) is 4. The summed E-state index contributed by atoms with van der Waals surface area (Å²) < 4.78 is 1.40. The number of hydrogen-bond donors (Lipinski definition) is 1. The number of carbonyl (C=O) groups is 2. The second-order valence-electron chi connectivity index (χ2n) is 7.58. The Balaban J connectivity index is 1.36. The molecule has 0 radical (unpaired) electrons. The first kappa shape index (κ1) is 19.8. The molecule has 2 heterocycles. The van der Waals surface area contributed by atoms with Crippen molar-refractivity contribution in [1.82, 2.24) is 19.8 Å². The van der Waals surface area contributed by atoms with Crippen LogP contribution in [0.2, 0.25) is 0 Å². The van der Waals surface area contributed by atoms with Crippen LogP contribution in [-0.2, 0) is 29.2 Å². The predicted molar refractivity (Wildman–Crippen MR) is 114 cm³/mol. The maximum atomic E-state index is 12.7. The Hall–Kier alpha value is -3.48. The molecule has 30 heavy (non-hydrogen) atoms. The highest BCUT2D eigenvalue weighted by Crippen LogP contribution is 2.15. The highest BCUT2D eigenvalue weighted by Gasteiger charge is 2.19. The first-order valence-electron chi connectivity index (χ1n) is 10.1. The van der Waals surface area contributed by atoms with Gasteiger partial charge in [0, 0.05) is 26.1 Å². The number of fused-ring (bicyclic) bond motifs is 1. The Morgan fingerprint density at radius 2 is 1.80 bits per heavy atom. The van der Waals surface area contributed by atoms with Gasteiger partial charge in [-0.1, -0.05) is 36.4 Å². The van der Waals surface area contributed by atoms with Crippen molar-refractivity contribution in [2.45, 2.75) is 39.4 Å². The van der Waals surface area contributed by atoms with E-state index in [4.69, 9.17) is 0 Å². The maximum Gasteiger partial charge on any atom is 0.261 e. The summed E-state index contributed by atoms with van der Waals surface area (Å²) in [6, 6.07) is 15.0. The molecule has 2 aromatic carbocycles. The SMILES string of the molecule is Cc1nc2ccccc2c(=O)n1CC(=O)NCc1ccc(CN2CCCC2=O)cc1. The van der Waals surface area contributed by atoms with E-state index < -0.39 is 0 Å². The lowest BCUT2D eigenvalue weighted by Crippen LogP contribution is -2.33. The lowest BCUT2D eigenvalue weighted by Gasteiger charge is -2.15. The zero-order chi connectivity index (χ0) is 21.1. The van der Waals surface area contributed by atoms with Crippen molar-refractivity contribution in [1.29, 1.82) is 0 Å². The molecule has 0 saturated carbocycles. The zero-order valence-corrected chi connectivity index (χ0v) is 16.9. The topological polar surface area (TPSA) is 84.3 Å². The molecule has 7 nitrogen and oxygen atoms in total. The van der Waals surface area contributed by atoms with Crippen molar-refractivity contribution in [3.63, 3.8) is 0 Å². The van der Waals surface area contributed by atoms with Gasteiger partial charge in [-0.05, 0) is 36.6 Å². The number of amides is 2. The van der Waals surface area contributed by atoms with Crippen molar-refractivity contribution >= 4 is 22.7 Å². The largest absolute Gasteiger partial charge is 0.350 e. The predicted octanol–water partition coefficient (Wildman–Crippen LogP) is 2.14. The second-order valence-corrected chi connectivity index (χ2v) is 7.58. The summed E-state index contributed by atoms with van der Waals surface area (Å²) in [6.07, 6.45) is 1.57. The van der Waals surface area contributed by atoms with Crippen LogP contribution >= 0.6 is 0 Å². The second kappa shape index (κ2) is 8.49. The van der Waals surface area contributed by atoms with Gasteiger partial charge in [0.15, 0.2) is 0 Å². The summed E-state index contributed by atoms with van der Waals surface area (Å²) in [5, 5.41) is 3.36. The Kier molecular flexibility index (Phi) is 5.61. The standard InChI is InChI=1S/C23H24N4O3/c1-16-25-20-6-3-2-5-19(20)23(30)27(16)15-21(28)24-13-17-8-10-18(11-9-17)14-26-12-4-7-22(26)29/h2-3,5-6,8-11H,4,7,12-15H2,1H3,(H,24,28). The fourth-order valence-electron chi connectivity index (χ4n) is 3.72. The van der Waals surface area contributed by atoms with E-state index in [9.17, 15) is 14.4 Å². The normalized spacial score (nSPS) is 13.8. The van der Waals surface area contributed by atoms with Gasteiger partial charge >= 0.3 is 0 Å². The first-order chi connectivity index (χ1) is 14.5. The minimum absolute atomic E-state index is 0.0718. The summed E-state index contributed by atoms with van der Waals surface area (Å²) in [7, 11) is 0. The Labute approximate surface area is 174 Å². The summed E-state index contributed by atoms with van der Waals surface area (Å²) in [5.74, 6) is 0.471. The number of rotatable bonds is 6. The summed E-state index contributed by atoms with van der Waals surface area (Å²) in [6.45, 7) is 3.47. The van der Waals surface area contributed by atoms with Gasteiger partial charge in [-0.25, -0.2) is 4.98 Å². The Bertz CT molecular complexity index is 1150. The molecule has 4 rings (SSSR count). The fraction of sp³-hybridized carbons (Fsp3) is 0.304. The van der Waals surface area contributed by atoms with E-state index in [-0.39, 0.29) is 23.9 Å². The number of nitrogens with one attached hydrogen (secondary N) is 1. The highest BCUT2D eigenvalue weighted by molar-refractivity contribution is 5.79. The van der Waals surface area contributed by atoms with Crippen LogP contribution in [0.5, 0.6) is 0 Å². The van der Waals surface area contributed by atoms with E-state index >= 15 is 0 Å². The van der Waals surface area contributed by atoms with Gasteiger partial charge in [0.25, 0.3) is 5.56 Å². The van der Waals surface area contributed by atoms with E-state index in [0.29, 0.717) is 36.2 Å². The molecule has 7 heteroatoms. The number of nitrogens with zero attached hydrogens (tertiary/aromatic N) is 3. The van der Waals surface area contributed by atoms with Crippen molar-refractivity contribution in [3.05, 3.63) is 75.8 Å². The first-order valence-corrected chi connectivity index (χ1v) is 10.1. The van der Waals surface area contributed by atoms with Crippen LogP contribution in [0.1, 0.15) is 29.8 Å². The summed E-state index contributed by atoms with van der Waals surface area (Å²) >= 11 is 0. The molecule has 3 aromatic rings. The van der Waals surface area contributed by atoms with Gasteiger partial charge in [0.2, 0.25) is 11.8 Å². The molecular weight excluding hydrogens is 380 g/mol.